The molecule has 0 saturated carbocycles. The van der Waals surface area contributed by atoms with Crippen molar-refractivity contribution >= 4 is 0 Å². The molecule has 0 aromatic carbocycles. The minimum atomic E-state index is -0.210. The van der Waals surface area contributed by atoms with Gasteiger partial charge in [-0.3, -0.25) is 4.79 Å². The SMILES string of the molecule is CN1CCCC1Cn1cnc(=O)c(CN)c1. The van der Waals surface area contributed by atoms with Crippen molar-refractivity contribution in [1.82, 2.24) is 14.5 Å². The number of likely N-dealkylation sites (tertiary alicyclic amines) is 1. The second-order valence-corrected chi connectivity index (χ2v) is 4.38. The molecule has 1 atom stereocenters. The Kier molecular flexibility index (Phi) is 3.36. The lowest BCUT2D eigenvalue weighted by Crippen LogP contribution is -2.30. The van der Waals surface area contributed by atoms with Crippen LogP contribution in [0.25, 0.3) is 0 Å². The fourth-order valence-corrected chi connectivity index (χ4v) is 2.19. The summed E-state index contributed by atoms with van der Waals surface area (Å²) in [5.41, 5.74) is 5.87. The Morgan fingerprint density at radius 3 is 3.06 bits per heavy atom. The maximum atomic E-state index is 11.3. The highest BCUT2D eigenvalue weighted by molar-refractivity contribution is 5.03. The number of nitrogens with zero attached hydrogens (tertiary/aromatic N) is 3. The van der Waals surface area contributed by atoms with Gasteiger partial charge in [-0.25, -0.2) is 0 Å². The van der Waals surface area contributed by atoms with Crippen LogP contribution in [-0.2, 0) is 13.1 Å². The van der Waals surface area contributed by atoms with Crippen LogP contribution >= 0.6 is 0 Å². The molecular formula is C11H18N4O. The van der Waals surface area contributed by atoms with Crippen molar-refractivity contribution in [2.45, 2.75) is 32.0 Å². The third-order valence-electron chi connectivity index (χ3n) is 3.23. The van der Waals surface area contributed by atoms with Crippen LogP contribution in [0, 0.1) is 0 Å². The molecule has 1 unspecified atom stereocenters. The molecule has 1 saturated heterocycles. The number of hydrogen-bond acceptors (Lipinski definition) is 4. The fraction of sp³-hybridized carbons (Fsp3) is 0.636. The molecule has 2 heterocycles. The summed E-state index contributed by atoms with van der Waals surface area (Å²) in [6.45, 7) is 2.30. The average molecular weight is 222 g/mol. The Morgan fingerprint density at radius 2 is 2.44 bits per heavy atom. The molecule has 0 bridgehead atoms. The van der Waals surface area contributed by atoms with Crippen LogP contribution in [-0.4, -0.2) is 34.1 Å². The lowest BCUT2D eigenvalue weighted by molar-refractivity contribution is 0.280. The Labute approximate surface area is 94.9 Å². The van der Waals surface area contributed by atoms with Crippen LogP contribution in [0.1, 0.15) is 18.4 Å². The van der Waals surface area contributed by atoms with Crippen molar-refractivity contribution in [2.75, 3.05) is 13.6 Å². The summed E-state index contributed by atoms with van der Waals surface area (Å²) < 4.78 is 1.97. The lowest BCUT2D eigenvalue weighted by atomic mass is 10.2. The lowest BCUT2D eigenvalue weighted by Gasteiger charge is -2.20. The zero-order valence-corrected chi connectivity index (χ0v) is 9.59. The van der Waals surface area contributed by atoms with Crippen LogP contribution in [0.5, 0.6) is 0 Å². The highest BCUT2D eigenvalue weighted by atomic mass is 16.1. The van der Waals surface area contributed by atoms with Gasteiger partial charge >= 0.3 is 0 Å². The van der Waals surface area contributed by atoms with Crippen molar-refractivity contribution in [1.29, 1.82) is 0 Å². The molecule has 2 N–H and O–H groups in total. The number of aromatic nitrogens is 2. The average Bonchev–Trinajstić information content (AvgIpc) is 2.67. The van der Waals surface area contributed by atoms with Crippen molar-refractivity contribution < 1.29 is 0 Å². The highest BCUT2D eigenvalue weighted by Crippen LogP contribution is 2.16. The first-order valence-electron chi connectivity index (χ1n) is 5.66. The number of likely N-dealkylation sites (N-methyl/N-ethyl adjacent to an activating group) is 1. The van der Waals surface area contributed by atoms with E-state index < -0.39 is 0 Å². The molecule has 5 heteroatoms. The van der Waals surface area contributed by atoms with Crippen molar-refractivity contribution in [2.24, 2.45) is 5.73 Å². The minimum Gasteiger partial charge on any atom is -0.337 e. The topological polar surface area (TPSA) is 64.2 Å². The zero-order valence-electron chi connectivity index (χ0n) is 9.59. The minimum absolute atomic E-state index is 0.210. The van der Waals surface area contributed by atoms with Crippen LogP contribution in [0.2, 0.25) is 0 Å². The van der Waals surface area contributed by atoms with E-state index >= 15 is 0 Å². The summed E-state index contributed by atoms with van der Waals surface area (Å²) in [7, 11) is 2.14. The first-order valence-corrected chi connectivity index (χ1v) is 5.66. The van der Waals surface area contributed by atoms with Crippen molar-refractivity contribution in [3.8, 4) is 0 Å². The first kappa shape index (κ1) is 11.3. The standard InChI is InChI=1S/C11H18N4O/c1-14-4-2-3-10(14)7-15-6-9(5-12)11(16)13-8-15/h6,8,10H,2-5,7,12H2,1H3. The van der Waals surface area contributed by atoms with Gasteiger partial charge in [-0.2, -0.15) is 4.98 Å². The Balaban J connectivity index is 2.12. The molecule has 1 aliphatic heterocycles. The van der Waals surface area contributed by atoms with Gasteiger partial charge in [0.15, 0.2) is 0 Å². The van der Waals surface area contributed by atoms with E-state index in [0.717, 1.165) is 13.1 Å². The number of rotatable bonds is 3. The summed E-state index contributed by atoms with van der Waals surface area (Å²) in [6, 6.07) is 0.551. The Morgan fingerprint density at radius 1 is 1.62 bits per heavy atom. The molecule has 0 radical (unpaired) electrons. The molecule has 0 amide bonds. The normalized spacial score (nSPS) is 21.5. The van der Waals surface area contributed by atoms with Gasteiger partial charge in [0.25, 0.3) is 5.56 Å². The molecule has 88 valence electrons. The van der Waals surface area contributed by atoms with E-state index in [1.54, 1.807) is 6.33 Å². The summed E-state index contributed by atoms with van der Waals surface area (Å²) in [5, 5.41) is 0. The van der Waals surface area contributed by atoms with Gasteiger partial charge in [-0.1, -0.05) is 0 Å². The monoisotopic (exact) mass is 222 g/mol. The van der Waals surface area contributed by atoms with E-state index in [1.165, 1.54) is 12.8 Å². The Hall–Kier alpha value is -1.20. The van der Waals surface area contributed by atoms with Gasteiger partial charge in [0.05, 0.1) is 6.33 Å². The zero-order chi connectivity index (χ0) is 11.5. The second kappa shape index (κ2) is 4.76. The van der Waals surface area contributed by atoms with E-state index in [0.29, 0.717) is 11.6 Å². The number of nitrogens with two attached hydrogens (primary N) is 1. The third kappa shape index (κ3) is 2.31. The van der Waals surface area contributed by atoms with E-state index in [4.69, 9.17) is 5.73 Å². The van der Waals surface area contributed by atoms with E-state index in [9.17, 15) is 4.79 Å². The van der Waals surface area contributed by atoms with Crippen LogP contribution in [0.3, 0.4) is 0 Å². The largest absolute Gasteiger partial charge is 0.337 e. The van der Waals surface area contributed by atoms with Gasteiger partial charge < -0.3 is 15.2 Å². The van der Waals surface area contributed by atoms with E-state index in [2.05, 4.69) is 16.9 Å². The van der Waals surface area contributed by atoms with E-state index in [-0.39, 0.29) is 12.1 Å². The Bertz CT molecular complexity index is 415. The number of hydrogen-bond donors (Lipinski definition) is 1. The molecule has 16 heavy (non-hydrogen) atoms. The quantitative estimate of drug-likeness (QED) is 0.769. The van der Waals surface area contributed by atoms with Crippen LogP contribution in [0.15, 0.2) is 17.3 Å². The maximum Gasteiger partial charge on any atom is 0.277 e. The summed E-state index contributed by atoms with van der Waals surface area (Å²) in [4.78, 5) is 17.5. The van der Waals surface area contributed by atoms with Crippen LogP contribution < -0.4 is 11.3 Å². The molecule has 2 rings (SSSR count). The van der Waals surface area contributed by atoms with Gasteiger partial charge in [0.2, 0.25) is 0 Å². The maximum absolute atomic E-state index is 11.3. The molecule has 0 spiro atoms. The first-order chi connectivity index (χ1) is 7.70. The van der Waals surface area contributed by atoms with Gasteiger partial charge in [0.1, 0.15) is 0 Å². The highest BCUT2D eigenvalue weighted by Gasteiger charge is 2.20. The molecule has 1 fully saturated rings. The van der Waals surface area contributed by atoms with Gasteiger partial charge in [-0.05, 0) is 26.4 Å². The summed E-state index contributed by atoms with van der Waals surface area (Å²) in [6.07, 6.45) is 5.88. The summed E-state index contributed by atoms with van der Waals surface area (Å²) >= 11 is 0. The fourth-order valence-electron chi connectivity index (χ4n) is 2.19. The molecule has 1 aromatic heterocycles. The molecule has 5 nitrogen and oxygen atoms in total. The smallest absolute Gasteiger partial charge is 0.277 e. The molecule has 1 aliphatic rings. The van der Waals surface area contributed by atoms with E-state index in [1.807, 2.05) is 10.8 Å². The summed E-state index contributed by atoms with van der Waals surface area (Å²) in [5.74, 6) is 0. The molecule has 1 aromatic rings. The predicted molar refractivity (Wildman–Crippen MR) is 62.0 cm³/mol. The molecule has 0 aliphatic carbocycles. The van der Waals surface area contributed by atoms with Gasteiger partial charge in [0, 0.05) is 30.9 Å². The van der Waals surface area contributed by atoms with Gasteiger partial charge in [-0.15, -0.1) is 0 Å². The van der Waals surface area contributed by atoms with Crippen molar-refractivity contribution in [3.63, 3.8) is 0 Å². The third-order valence-corrected chi connectivity index (χ3v) is 3.23. The van der Waals surface area contributed by atoms with Crippen LogP contribution in [0.4, 0.5) is 0 Å². The van der Waals surface area contributed by atoms with Crippen molar-refractivity contribution in [3.05, 3.63) is 28.4 Å². The predicted octanol–water partition coefficient (Wildman–Crippen LogP) is -0.204. The second-order valence-electron chi connectivity index (χ2n) is 4.38. The molecular weight excluding hydrogens is 204 g/mol.